The second-order valence-corrected chi connectivity index (χ2v) is 3.93. The molecule has 0 radical (unpaired) electrons. The fourth-order valence-corrected chi connectivity index (χ4v) is 1.42. The Kier molecular flexibility index (Phi) is 2.09. The first kappa shape index (κ1) is 8.71. The van der Waals surface area contributed by atoms with Crippen LogP contribution in [0.25, 0.3) is 0 Å². The van der Waals surface area contributed by atoms with Gasteiger partial charge in [0.2, 0.25) is 0 Å². The highest BCUT2D eigenvalue weighted by Gasteiger charge is 2.35. The van der Waals surface area contributed by atoms with Crippen LogP contribution >= 0.6 is 15.9 Å². The van der Waals surface area contributed by atoms with Crippen LogP contribution in [0.4, 0.5) is 0 Å². The summed E-state index contributed by atoms with van der Waals surface area (Å²) in [6.45, 7) is 0. The van der Waals surface area contributed by atoms with Crippen LogP contribution in [0, 0.1) is 0 Å². The molecule has 1 aromatic rings. The number of nitrogens with one attached hydrogen (secondary N) is 2. The first-order valence-corrected chi connectivity index (χ1v) is 4.73. The first-order valence-electron chi connectivity index (χ1n) is 3.94. The molecular formula is C7H9BrN4O. The van der Waals surface area contributed by atoms with Gasteiger partial charge in [0, 0.05) is 12.1 Å². The summed E-state index contributed by atoms with van der Waals surface area (Å²) in [5.74, 6) is -0.165. The molecule has 1 aliphatic rings. The molecule has 1 heterocycles. The molecule has 6 heteroatoms. The van der Waals surface area contributed by atoms with Gasteiger partial charge >= 0.3 is 0 Å². The Morgan fingerprint density at radius 1 is 1.85 bits per heavy atom. The molecule has 5 nitrogen and oxygen atoms in total. The van der Waals surface area contributed by atoms with E-state index < -0.39 is 0 Å². The van der Waals surface area contributed by atoms with Gasteiger partial charge in [-0.05, 0) is 22.4 Å². The van der Waals surface area contributed by atoms with Crippen molar-refractivity contribution < 1.29 is 4.79 Å². The lowest BCUT2D eigenvalue weighted by Crippen LogP contribution is -2.30. The fraction of sp³-hybridized carbons (Fsp3) is 0.429. The van der Waals surface area contributed by atoms with Crippen molar-refractivity contribution in [3.05, 3.63) is 16.4 Å². The summed E-state index contributed by atoms with van der Waals surface area (Å²) >= 11 is 3.21. The van der Waals surface area contributed by atoms with Crippen LogP contribution in [0.1, 0.15) is 16.9 Å². The number of carbonyl (C=O) groups excluding carboxylic acids is 1. The van der Waals surface area contributed by atoms with Crippen molar-refractivity contribution in [1.82, 2.24) is 15.5 Å². The maximum Gasteiger partial charge on any atom is 0.270 e. The number of aromatic nitrogens is 2. The molecule has 0 aliphatic heterocycles. The smallest absolute Gasteiger partial charge is 0.270 e. The first-order chi connectivity index (χ1) is 6.18. The fourth-order valence-electron chi connectivity index (χ4n) is 1.05. The third-order valence-corrected chi connectivity index (χ3v) is 2.58. The van der Waals surface area contributed by atoms with Crippen molar-refractivity contribution in [3.63, 3.8) is 0 Å². The average Bonchev–Trinajstić information content (AvgIpc) is 2.62. The molecule has 2 atom stereocenters. The van der Waals surface area contributed by atoms with E-state index in [1.165, 1.54) is 0 Å². The van der Waals surface area contributed by atoms with Gasteiger partial charge in [0.1, 0.15) is 5.69 Å². The van der Waals surface area contributed by atoms with Crippen molar-refractivity contribution in [2.24, 2.45) is 5.73 Å². The number of aromatic amines is 1. The number of rotatable bonds is 2. The van der Waals surface area contributed by atoms with Crippen molar-refractivity contribution in [2.45, 2.75) is 18.5 Å². The molecule has 1 aliphatic carbocycles. The molecule has 0 aromatic carbocycles. The topological polar surface area (TPSA) is 83.8 Å². The van der Waals surface area contributed by atoms with Gasteiger partial charge in [-0.15, -0.1) is 0 Å². The number of nitrogens with zero attached hydrogens (tertiary/aromatic N) is 1. The maximum atomic E-state index is 11.5. The Balaban J connectivity index is 2.01. The van der Waals surface area contributed by atoms with E-state index >= 15 is 0 Å². The number of nitrogens with two attached hydrogens (primary N) is 1. The minimum Gasteiger partial charge on any atom is -0.346 e. The zero-order chi connectivity index (χ0) is 9.42. The van der Waals surface area contributed by atoms with Gasteiger partial charge in [0.05, 0.1) is 10.7 Å². The predicted molar refractivity (Wildman–Crippen MR) is 50.1 cm³/mol. The van der Waals surface area contributed by atoms with Crippen LogP contribution in [-0.4, -0.2) is 28.2 Å². The van der Waals surface area contributed by atoms with Crippen LogP contribution in [0.5, 0.6) is 0 Å². The minimum absolute atomic E-state index is 0.116. The second kappa shape index (κ2) is 3.12. The molecule has 13 heavy (non-hydrogen) atoms. The maximum absolute atomic E-state index is 11.5. The number of carbonyl (C=O) groups is 1. The van der Waals surface area contributed by atoms with Gasteiger partial charge in [-0.3, -0.25) is 9.89 Å². The minimum atomic E-state index is -0.165. The van der Waals surface area contributed by atoms with Crippen LogP contribution in [0.2, 0.25) is 0 Å². The van der Waals surface area contributed by atoms with E-state index in [2.05, 4.69) is 31.4 Å². The summed E-state index contributed by atoms with van der Waals surface area (Å²) < 4.78 is 0.666. The molecule has 2 rings (SSSR count). The van der Waals surface area contributed by atoms with E-state index in [1.54, 1.807) is 6.20 Å². The third-order valence-electron chi connectivity index (χ3n) is 1.98. The summed E-state index contributed by atoms with van der Waals surface area (Å²) in [4.78, 5) is 11.5. The summed E-state index contributed by atoms with van der Waals surface area (Å²) in [5, 5.41) is 9.11. The Hall–Kier alpha value is -0.880. The van der Waals surface area contributed by atoms with Crippen molar-refractivity contribution >= 4 is 21.8 Å². The Bertz CT molecular complexity index is 337. The Morgan fingerprint density at radius 2 is 2.54 bits per heavy atom. The van der Waals surface area contributed by atoms with Crippen LogP contribution in [-0.2, 0) is 0 Å². The molecule has 1 amide bonds. The number of hydrogen-bond acceptors (Lipinski definition) is 3. The van der Waals surface area contributed by atoms with E-state index in [0.29, 0.717) is 10.2 Å². The van der Waals surface area contributed by atoms with Gasteiger partial charge < -0.3 is 11.1 Å². The summed E-state index contributed by atoms with van der Waals surface area (Å²) in [5.41, 5.74) is 6.00. The van der Waals surface area contributed by atoms with E-state index in [-0.39, 0.29) is 18.0 Å². The van der Waals surface area contributed by atoms with Gasteiger partial charge in [-0.25, -0.2) is 0 Å². The van der Waals surface area contributed by atoms with Crippen LogP contribution in [0.15, 0.2) is 10.7 Å². The summed E-state index contributed by atoms with van der Waals surface area (Å²) in [6.07, 6.45) is 2.40. The normalized spacial score (nSPS) is 25.7. The molecular weight excluding hydrogens is 236 g/mol. The van der Waals surface area contributed by atoms with Crippen molar-refractivity contribution in [3.8, 4) is 0 Å². The molecule has 2 unspecified atom stereocenters. The highest BCUT2D eigenvalue weighted by atomic mass is 79.9. The SMILES string of the molecule is NC1CC1NC(=O)c1[nH]ncc1Br. The van der Waals surface area contributed by atoms with Gasteiger partial charge in [0.15, 0.2) is 0 Å². The van der Waals surface area contributed by atoms with Crippen LogP contribution < -0.4 is 11.1 Å². The largest absolute Gasteiger partial charge is 0.346 e. The lowest BCUT2D eigenvalue weighted by molar-refractivity contribution is 0.0944. The molecule has 1 fully saturated rings. The number of halogens is 1. The quantitative estimate of drug-likeness (QED) is 0.685. The molecule has 4 N–H and O–H groups in total. The highest BCUT2D eigenvalue weighted by molar-refractivity contribution is 9.10. The zero-order valence-corrected chi connectivity index (χ0v) is 8.34. The third kappa shape index (κ3) is 1.73. The molecule has 0 spiro atoms. The number of H-pyrrole nitrogens is 1. The number of amides is 1. The molecule has 0 saturated heterocycles. The van der Waals surface area contributed by atoms with E-state index in [1.807, 2.05) is 0 Å². The van der Waals surface area contributed by atoms with Gasteiger partial charge in [0.25, 0.3) is 5.91 Å². The lowest BCUT2D eigenvalue weighted by atomic mass is 10.4. The predicted octanol–water partition coefficient (Wildman–Crippen LogP) is 0.00160. The second-order valence-electron chi connectivity index (χ2n) is 3.07. The van der Waals surface area contributed by atoms with E-state index in [4.69, 9.17) is 5.73 Å². The summed E-state index contributed by atoms with van der Waals surface area (Å²) in [7, 11) is 0. The lowest BCUT2D eigenvalue weighted by Gasteiger charge is -2.00. The van der Waals surface area contributed by atoms with Gasteiger partial charge in [-0.2, -0.15) is 5.10 Å². The molecule has 0 bridgehead atoms. The molecule has 1 aromatic heterocycles. The summed E-state index contributed by atoms with van der Waals surface area (Å²) in [6, 6.07) is 0.244. The standard InChI is InChI=1S/C7H9BrN4O/c8-3-2-10-12-6(3)7(13)11-5-1-4(5)9/h2,4-5H,1,9H2,(H,10,12)(H,11,13). The van der Waals surface area contributed by atoms with Crippen molar-refractivity contribution in [1.29, 1.82) is 0 Å². The van der Waals surface area contributed by atoms with Crippen molar-refractivity contribution in [2.75, 3.05) is 0 Å². The van der Waals surface area contributed by atoms with Gasteiger partial charge in [-0.1, -0.05) is 0 Å². The molecule has 1 saturated carbocycles. The number of hydrogen-bond donors (Lipinski definition) is 3. The van der Waals surface area contributed by atoms with E-state index in [0.717, 1.165) is 6.42 Å². The Morgan fingerprint density at radius 3 is 3.00 bits per heavy atom. The monoisotopic (exact) mass is 244 g/mol. The zero-order valence-electron chi connectivity index (χ0n) is 6.75. The molecule has 70 valence electrons. The average molecular weight is 245 g/mol. The van der Waals surface area contributed by atoms with Crippen LogP contribution in [0.3, 0.4) is 0 Å². The van der Waals surface area contributed by atoms with E-state index in [9.17, 15) is 4.79 Å². The Labute approximate surface area is 83.2 Å². The highest BCUT2D eigenvalue weighted by Crippen LogP contribution is 2.19.